The maximum atomic E-state index is 12.6. The van der Waals surface area contributed by atoms with E-state index in [4.69, 9.17) is 9.47 Å². The van der Waals surface area contributed by atoms with Gasteiger partial charge in [-0.2, -0.15) is 0 Å². The van der Waals surface area contributed by atoms with Crippen molar-refractivity contribution in [1.82, 2.24) is 5.32 Å². The molecule has 0 heterocycles. The summed E-state index contributed by atoms with van der Waals surface area (Å²) >= 11 is 0. The fourth-order valence-corrected chi connectivity index (χ4v) is 2.55. The lowest BCUT2D eigenvalue weighted by atomic mass is 10.0. The molecule has 1 amide bonds. The minimum absolute atomic E-state index is 0.0689. The van der Waals surface area contributed by atoms with Gasteiger partial charge in [0.05, 0.1) is 25.7 Å². The Bertz CT molecular complexity index is 723. The molecule has 2 rings (SSSR count). The largest absolute Gasteiger partial charge is 0.494 e. The van der Waals surface area contributed by atoms with Crippen molar-refractivity contribution in [3.63, 3.8) is 0 Å². The zero-order chi connectivity index (χ0) is 18.9. The maximum absolute atomic E-state index is 12.6. The number of esters is 1. The molecule has 0 bridgehead atoms. The molecule has 26 heavy (non-hydrogen) atoms. The molecule has 0 spiro atoms. The highest BCUT2D eigenvalue weighted by atomic mass is 16.5. The molecule has 138 valence electrons. The Morgan fingerprint density at radius 3 is 2.19 bits per heavy atom. The number of carbonyl (C=O) groups excluding carboxylic acids is 2. The highest BCUT2D eigenvalue weighted by molar-refractivity contribution is 5.94. The van der Waals surface area contributed by atoms with Gasteiger partial charge >= 0.3 is 5.97 Å². The number of rotatable bonds is 8. The third kappa shape index (κ3) is 5.62. The summed E-state index contributed by atoms with van der Waals surface area (Å²) < 4.78 is 10.5. The number of hydrogen-bond acceptors (Lipinski definition) is 4. The molecule has 0 aliphatic heterocycles. The van der Waals surface area contributed by atoms with Crippen molar-refractivity contribution in [2.45, 2.75) is 33.2 Å². The Hall–Kier alpha value is -2.82. The van der Waals surface area contributed by atoms with Crippen LogP contribution in [0.15, 0.2) is 48.5 Å². The molecule has 0 saturated carbocycles. The van der Waals surface area contributed by atoms with Crippen molar-refractivity contribution in [1.29, 1.82) is 0 Å². The van der Waals surface area contributed by atoms with Gasteiger partial charge in [0.15, 0.2) is 0 Å². The Labute approximate surface area is 154 Å². The number of benzene rings is 2. The predicted octanol–water partition coefficient (Wildman–Crippen LogP) is 3.82. The predicted molar refractivity (Wildman–Crippen MR) is 100 cm³/mol. The molecule has 0 fully saturated rings. The molecule has 1 atom stereocenters. The molecule has 5 heteroatoms. The van der Waals surface area contributed by atoms with Gasteiger partial charge in [0.1, 0.15) is 5.75 Å². The summed E-state index contributed by atoms with van der Waals surface area (Å²) in [6, 6.07) is 14.2. The Balaban J connectivity index is 2.18. The van der Waals surface area contributed by atoms with Crippen molar-refractivity contribution in [3.05, 3.63) is 65.2 Å². The molecule has 0 aliphatic carbocycles. The number of ether oxygens (including phenoxy) is 2. The maximum Gasteiger partial charge on any atom is 0.308 e. The molecule has 0 saturated heterocycles. The summed E-state index contributed by atoms with van der Waals surface area (Å²) in [5, 5.41) is 2.93. The molecule has 0 aliphatic rings. The van der Waals surface area contributed by atoms with Gasteiger partial charge in [-0.25, -0.2) is 0 Å². The minimum Gasteiger partial charge on any atom is -0.494 e. The van der Waals surface area contributed by atoms with Crippen LogP contribution >= 0.6 is 0 Å². The number of nitrogens with one attached hydrogen (secondary N) is 1. The Morgan fingerprint density at radius 2 is 1.62 bits per heavy atom. The first kappa shape index (κ1) is 19.5. The van der Waals surface area contributed by atoms with Crippen molar-refractivity contribution in [2.75, 3.05) is 13.2 Å². The van der Waals surface area contributed by atoms with E-state index in [1.54, 1.807) is 19.1 Å². The number of hydrogen-bond donors (Lipinski definition) is 1. The van der Waals surface area contributed by atoms with E-state index in [1.165, 1.54) is 0 Å². The third-order valence-corrected chi connectivity index (χ3v) is 3.89. The van der Waals surface area contributed by atoms with Crippen LogP contribution in [0.2, 0.25) is 0 Å². The first-order chi connectivity index (χ1) is 12.5. The van der Waals surface area contributed by atoms with E-state index in [0.717, 1.165) is 16.9 Å². The van der Waals surface area contributed by atoms with Gasteiger partial charge < -0.3 is 14.8 Å². The average Bonchev–Trinajstić information content (AvgIpc) is 2.63. The van der Waals surface area contributed by atoms with Crippen LogP contribution in [0.5, 0.6) is 5.75 Å². The first-order valence-corrected chi connectivity index (χ1v) is 8.79. The summed E-state index contributed by atoms with van der Waals surface area (Å²) in [6.07, 6.45) is 0.0689. The molecule has 2 aromatic rings. The van der Waals surface area contributed by atoms with Crippen LogP contribution in [0, 0.1) is 6.92 Å². The van der Waals surface area contributed by atoms with E-state index in [2.05, 4.69) is 5.32 Å². The first-order valence-electron chi connectivity index (χ1n) is 8.79. The molecule has 0 aromatic heterocycles. The van der Waals surface area contributed by atoms with Gasteiger partial charge in [-0.05, 0) is 50.6 Å². The smallest absolute Gasteiger partial charge is 0.308 e. The van der Waals surface area contributed by atoms with E-state index >= 15 is 0 Å². The van der Waals surface area contributed by atoms with Gasteiger partial charge in [-0.3, -0.25) is 9.59 Å². The van der Waals surface area contributed by atoms with Crippen molar-refractivity contribution >= 4 is 11.9 Å². The highest BCUT2D eigenvalue weighted by Crippen LogP contribution is 2.22. The van der Waals surface area contributed by atoms with E-state index in [-0.39, 0.29) is 18.3 Å². The van der Waals surface area contributed by atoms with Crippen LogP contribution in [0.1, 0.15) is 47.8 Å². The minimum atomic E-state index is -0.474. The Kier molecular flexibility index (Phi) is 7.21. The number of amides is 1. The van der Waals surface area contributed by atoms with Gasteiger partial charge in [-0.15, -0.1) is 0 Å². The summed E-state index contributed by atoms with van der Waals surface area (Å²) in [5.74, 6) is 0.166. The zero-order valence-electron chi connectivity index (χ0n) is 15.5. The van der Waals surface area contributed by atoms with Gasteiger partial charge in [0.2, 0.25) is 0 Å². The molecule has 0 radical (unpaired) electrons. The second-order valence-electron chi connectivity index (χ2n) is 5.90. The highest BCUT2D eigenvalue weighted by Gasteiger charge is 2.20. The van der Waals surface area contributed by atoms with Gasteiger partial charge in [-0.1, -0.05) is 29.8 Å². The molecule has 1 unspecified atom stereocenters. The average molecular weight is 355 g/mol. The summed E-state index contributed by atoms with van der Waals surface area (Å²) in [5.41, 5.74) is 2.45. The third-order valence-electron chi connectivity index (χ3n) is 3.89. The van der Waals surface area contributed by atoms with E-state index in [1.807, 2.05) is 50.2 Å². The number of carbonyl (C=O) groups is 2. The van der Waals surface area contributed by atoms with Gasteiger partial charge in [0, 0.05) is 5.56 Å². The van der Waals surface area contributed by atoms with Crippen molar-refractivity contribution in [3.8, 4) is 5.75 Å². The van der Waals surface area contributed by atoms with Crippen LogP contribution in [0.3, 0.4) is 0 Å². The van der Waals surface area contributed by atoms with E-state index in [0.29, 0.717) is 18.8 Å². The fraction of sp³-hybridized carbons (Fsp3) is 0.333. The van der Waals surface area contributed by atoms with Crippen LogP contribution in [-0.2, 0) is 9.53 Å². The summed E-state index contributed by atoms with van der Waals surface area (Å²) in [4.78, 5) is 24.5. The molecular weight excluding hydrogens is 330 g/mol. The van der Waals surface area contributed by atoms with Crippen molar-refractivity contribution in [2.24, 2.45) is 0 Å². The lowest BCUT2D eigenvalue weighted by Gasteiger charge is -2.19. The molecule has 2 aromatic carbocycles. The Morgan fingerprint density at radius 1 is 0.962 bits per heavy atom. The second-order valence-corrected chi connectivity index (χ2v) is 5.90. The fourth-order valence-electron chi connectivity index (χ4n) is 2.55. The van der Waals surface area contributed by atoms with Gasteiger partial charge in [0.25, 0.3) is 5.91 Å². The normalized spacial score (nSPS) is 11.5. The van der Waals surface area contributed by atoms with Crippen LogP contribution in [0.25, 0.3) is 0 Å². The van der Waals surface area contributed by atoms with Crippen LogP contribution in [-0.4, -0.2) is 25.1 Å². The van der Waals surface area contributed by atoms with E-state index < -0.39 is 6.04 Å². The topological polar surface area (TPSA) is 64.6 Å². The SMILES string of the molecule is CCOC(=O)CC(NC(=O)c1ccc(C)cc1)c1ccc(OCC)cc1. The lowest BCUT2D eigenvalue weighted by Crippen LogP contribution is -2.30. The number of aryl methyl sites for hydroxylation is 1. The summed E-state index contributed by atoms with van der Waals surface area (Å²) in [6.45, 7) is 6.52. The summed E-state index contributed by atoms with van der Waals surface area (Å²) in [7, 11) is 0. The van der Waals surface area contributed by atoms with Crippen molar-refractivity contribution < 1.29 is 19.1 Å². The second kappa shape index (κ2) is 9.61. The monoisotopic (exact) mass is 355 g/mol. The van der Waals surface area contributed by atoms with E-state index in [9.17, 15) is 9.59 Å². The lowest BCUT2D eigenvalue weighted by molar-refractivity contribution is -0.143. The standard InChI is InChI=1S/C21H25NO4/c1-4-25-18-12-10-16(11-13-18)19(14-20(23)26-5-2)22-21(24)17-8-6-15(3)7-9-17/h6-13,19H,4-5,14H2,1-3H3,(H,22,24). The quantitative estimate of drug-likeness (QED) is 0.731. The van der Waals surface area contributed by atoms with Crippen LogP contribution in [0.4, 0.5) is 0 Å². The van der Waals surface area contributed by atoms with Crippen LogP contribution < -0.4 is 10.1 Å². The molecular formula is C21H25NO4. The zero-order valence-corrected chi connectivity index (χ0v) is 15.5. The molecule has 5 nitrogen and oxygen atoms in total. The molecule has 1 N–H and O–H groups in total.